The molecule has 0 bridgehead atoms. The molecule has 0 fully saturated rings. The first-order chi connectivity index (χ1) is 9.17. The number of aromatic nitrogens is 2. The summed E-state index contributed by atoms with van der Waals surface area (Å²) in [4.78, 5) is 0. The smallest absolute Gasteiger partial charge is 0.0850 e. The second-order valence-electron chi connectivity index (χ2n) is 5.02. The average molecular weight is 286 g/mol. The van der Waals surface area contributed by atoms with Crippen molar-refractivity contribution < 1.29 is 0 Å². The van der Waals surface area contributed by atoms with E-state index < -0.39 is 0 Å². The SMILES string of the molecule is CCCNC(CCC)Cc1c(Cl)c(CC)nn1CC. The van der Waals surface area contributed by atoms with Crippen LogP contribution < -0.4 is 5.32 Å². The monoisotopic (exact) mass is 285 g/mol. The van der Waals surface area contributed by atoms with Gasteiger partial charge in [-0.05, 0) is 32.7 Å². The lowest BCUT2D eigenvalue weighted by atomic mass is 10.1. The number of nitrogens with one attached hydrogen (secondary N) is 1. The van der Waals surface area contributed by atoms with Crippen molar-refractivity contribution in [3.05, 3.63) is 16.4 Å². The molecule has 19 heavy (non-hydrogen) atoms. The molecule has 1 unspecified atom stereocenters. The van der Waals surface area contributed by atoms with Gasteiger partial charge in [-0.3, -0.25) is 4.68 Å². The standard InChI is InChI=1S/C15H28ClN3/c1-5-9-12(17-10-6-2)11-14-15(16)13(7-3)18-19(14)8-4/h12,17H,5-11H2,1-4H3. The Hall–Kier alpha value is -0.540. The van der Waals surface area contributed by atoms with Gasteiger partial charge in [0.15, 0.2) is 0 Å². The molecule has 0 aliphatic rings. The molecule has 1 N–H and O–H groups in total. The van der Waals surface area contributed by atoms with Gasteiger partial charge in [-0.1, -0.05) is 38.8 Å². The molecule has 0 spiro atoms. The van der Waals surface area contributed by atoms with Gasteiger partial charge in [-0.25, -0.2) is 0 Å². The summed E-state index contributed by atoms with van der Waals surface area (Å²) >= 11 is 6.48. The lowest BCUT2D eigenvalue weighted by molar-refractivity contribution is 0.456. The van der Waals surface area contributed by atoms with E-state index in [1.165, 1.54) is 25.0 Å². The molecule has 4 heteroatoms. The highest BCUT2D eigenvalue weighted by atomic mass is 35.5. The van der Waals surface area contributed by atoms with Crippen LogP contribution in [-0.2, 0) is 19.4 Å². The van der Waals surface area contributed by atoms with Crippen molar-refractivity contribution in [3.63, 3.8) is 0 Å². The Morgan fingerprint density at radius 2 is 1.95 bits per heavy atom. The molecule has 0 amide bonds. The molecule has 0 aromatic carbocycles. The van der Waals surface area contributed by atoms with Gasteiger partial charge in [-0.15, -0.1) is 0 Å². The number of aryl methyl sites for hydroxylation is 2. The maximum atomic E-state index is 6.48. The summed E-state index contributed by atoms with van der Waals surface area (Å²) in [5.74, 6) is 0. The van der Waals surface area contributed by atoms with Crippen LogP contribution in [0.25, 0.3) is 0 Å². The van der Waals surface area contributed by atoms with Gasteiger partial charge in [0.1, 0.15) is 0 Å². The minimum absolute atomic E-state index is 0.508. The third kappa shape index (κ3) is 4.50. The minimum atomic E-state index is 0.508. The van der Waals surface area contributed by atoms with Gasteiger partial charge in [0.05, 0.1) is 16.4 Å². The van der Waals surface area contributed by atoms with E-state index in [4.69, 9.17) is 11.6 Å². The third-order valence-electron chi connectivity index (χ3n) is 3.45. The first-order valence-corrected chi connectivity index (χ1v) is 8.02. The summed E-state index contributed by atoms with van der Waals surface area (Å²) < 4.78 is 2.07. The third-order valence-corrected chi connectivity index (χ3v) is 3.89. The van der Waals surface area contributed by atoms with Crippen LogP contribution in [-0.4, -0.2) is 22.4 Å². The summed E-state index contributed by atoms with van der Waals surface area (Å²) in [5.41, 5.74) is 2.23. The number of hydrogen-bond donors (Lipinski definition) is 1. The van der Waals surface area contributed by atoms with E-state index in [0.717, 1.165) is 36.6 Å². The van der Waals surface area contributed by atoms with Crippen molar-refractivity contribution in [2.24, 2.45) is 0 Å². The van der Waals surface area contributed by atoms with E-state index in [9.17, 15) is 0 Å². The van der Waals surface area contributed by atoms with Gasteiger partial charge in [0.2, 0.25) is 0 Å². The highest BCUT2D eigenvalue weighted by molar-refractivity contribution is 6.31. The van der Waals surface area contributed by atoms with Crippen molar-refractivity contribution in [2.45, 2.75) is 72.4 Å². The Balaban J connectivity index is 2.84. The largest absolute Gasteiger partial charge is 0.314 e. The maximum absolute atomic E-state index is 6.48. The fourth-order valence-electron chi connectivity index (χ4n) is 2.42. The molecule has 0 saturated heterocycles. The van der Waals surface area contributed by atoms with Crippen LogP contribution >= 0.6 is 11.6 Å². The van der Waals surface area contributed by atoms with Crippen molar-refractivity contribution in [1.82, 2.24) is 15.1 Å². The topological polar surface area (TPSA) is 29.9 Å². The number of halogens is 1. The first kappa shape index (κ1) is 16.5. The summed E-state index contributed by atoms with van der Waals surface area (Å²) in [6.45, 7) is 10.6. The van der Waals surface area contributed by atoms with E-state index in [0.29, 0.717) is 6.04 Å². The molecule has 3 nitrogen and oxygen atoms in total. The summed E-state index contributed by atoms with van der Waals surface area (Å²) in [6.07, 6.45) is 5.43. The van der Waals surface area contributed by atoms with Crippen LogP contribution in [0.15, 0.2) is 0 Å². The Bertz CT molecular complexity index is 374. The van der Waals surface area contributed by atoms with E-state index >= 15 is 0 Å². The molecular formula is C15H28ClN3. The lowest BCUT2D eigenvalue weighted by Gasteiger charge is -2.18. The Labute approximate surface area is 122 Å². The van der Waals surface area contributed by atoms with Crippen molar-refractivity contribution in [2.75, 3.05) is 6.54 Å². The van der Waals surface area contributed by atoms with Gasteiger partial charge < -0.3 is 5.32 Å². The second-order valence-corrected chi connectivity index (χ2v) is 5.40. The van der Waals surface area contributed by atoms with Gasteiger partial charge in [-0.2, -0.15) is 5.10 Å². The number of nitrogens with zero attached hydrogens (tertiary/aromatic N) is 2. The minimum Gasteiger partial charge on any atom is -0.314 e. The second kappa shape index (κ2) is 8.60. The fourth-order valence-corrected chi connectivity index (χ4v) is 2.77. The molecule has 0 saturated carbocycles. The summed E-state index contributed by atoms with van der Waals surface area (Å²) in [5, 5.41) is 9.10. The molecule has 1 atom stereocenters. The van der Waals surface area contributed by atoms with Crippen molar-refractivity contribution in [3.8, 4) is 0 Å². The molecule has 0 aliphatic heterocycles. The Morgan fingerprint density at radius 3 is 2.47 bits per heavy atom. The molecule has 0 radical (unpaired) electrons. The van der Waals surface area contributed by atoms with Crippen molar-refractivity contribution in [1.29, 1.82) is 0 Å². The van der Waals surface area contributed by atoms with E-state index in [-0.39, 0.29) is 0 Å². The number of rotatable bonds is 9. The molecule has 0 aliphatic carbocycles. The Kier molecular flexibility index (Phi) is 7.47. The number of hydrogen-bond acceptors (Lipinski definition) is 2. The zero-order valence-corrected chi connectivity index (χ0v) is 13.6. The normalized spacial score (nSPS) is 12.9. The molecular weight excluding hydrogens is 258 g/mol. The zero-order valence-electron chi connectivity index (χ0n) is 12.8. The zero-order chi connectivity index (χ0) is 14.3. The van der Waals surface area contributed by atoms with E-state index in [1.807, 2.05) is 0 Å². The van der Waals surface area contributed by atoms with Crippen LogP contribution in [0.2, 0.25) is 5.02 Å². The van der Waals surface area contributed by atoms with Crippen LogP contribution in [0.3, 0.4) is 0 Å². The van der Waals surface area contributed by atoms with Crippen LogP contribution in [0.1, 0.15) is 58.3 Å². The molecule has 1 rings (SSSR count). The Morgan fingerprint density at radius 1 is 1.21 bits per heavy atom. The predicted molar refractivity (Wildman–Crippen MR) is 83.0 cm³/mol. The van der Waals surface area contributed by atoms with Gasteiger partial charge >= 0.3 is 0 Å². The highest BCUT2D eigenvalue weighted by Gasteiger charge is 2.18. The fraction of sp³-hybridized carbons (Fsp3) is 0.800. The molecule has 1 aromatic heterocycles. The van der Waals surface area contributed by atoms with E-state index in [2.05, 4.69) is 42.8 Å². The van der Waals surface area contributed by atoms with Gasteiger partial charge in [0, 0.05) is 19.0 Å². The van der Waals surface area contributed by atoms with Crippen LogP contribution in [0.5, 0.6) is 0 Å². The molecule has 1 aromatic rings. The molecule has 1 heterocycles. The maximum Gasteiger partial charge on any atom is 0.0850 e. The van der Waals surface area contributed by atoms with E-state index in [1.54, 1.807) is 0 Å². The summed E-state index contributed by atoms with van der Waals surface area (Å²) in [7, 11) is 0. The molecule has 110 valence electrons. The predicted octanol–water partition coefficient (Wildman–Crippen LogP) is 3.83. The average Bonchev–Trinajstić information content (AvgIpc) is 2.72. The highest BCUT2D eigenvalue weighted by Crippen LogP contribution is 2.23. The quantitative estimate of drug-likeness (QED) is 0.747. The first-order valence-electron chi connectivity index (χ1n) is 7.65. The summed E-state index contributed by atoms with van der Waals surface area (Å²) in [6, 6.07) is 0.508. The van der Waals surface area contributed by atoms with Crippen LogP contribution in [0.4, 0.5) is 0 Å². The lowest BCUT2D eigenvalue weighted by Crippen LogP contribution is -2.32. The van der Waals surface area contributed by atoms with Gasteiger partial charge in [0.25, 0.3) is 0 Å². The van der Waals surface area contributed by atoms with Crippen molar-refractivity contribution >= 4 is 11.6 Å². The van der Waals surface area contributed by atoms with Crippen LogP contribution in [0, 0.1) is 0 Å².